The average Bonchev–Trinajstić information content (AvgIpc) is 3.42. The van der Waals surface area contributed by atoms with Gasteiger partial charge < -0.3 is 20.1 Å². The summed E-state index contributed by atoms with van der Waals surface area (Å²) in [7, 11) is 0. The van der Waals surface area contributed by atoms with Gasteiger partial charge in [-0.2, -0.15) is 26.3 Å². The van der Waals surface area contributed by atoms with Crippen LogP contribution in [0.1, 0.15) is 46.3 Å². The smallest absolute Gasteiger partial charge is 0.361 e. The van der Waals surface area contributed by atoms with E-state index in [0.29, 0.717) is 31.8 Å². The number of aromatic nitrogens is 1. The summed E-state index contributed by atoms with van der Waals surface area (Å²) < 4.78 is 82.1. The van der Waals surface area contributed by atoms with Gasteiger partial charge in [0.05, 0.1) is 11.1 Å². The molecule has 2 saturated heterocycles. The largest absolute Gasteiger partial charge is 0.416 e. The van der Waals surface area contributed by atoms with Crippen LogP contribution in [0.5, 0.6) is 0 Å². The number of carbonyl (C=O) groups excluding carboxylic acids is 2. The molecular weight excluding hydrogens is 659 g/mol. The summed E-state index contributed by atoms with van der Waals surface area (Å²) in [5.74, 6) is -1.74. The van der Waals surface area contributed by atoms with E-state index >= 15 is 0 Å². The minimum Gasteiger partial charge on any atom is -0.361 e. The number of Topliss-reactive ketones (excluding diaryl/α,β-unsaturated/α-hetero) is 1. The first-order chi connectivity index (χ1) is 20.9. The fourth-order valence-corrected chi connectivity index (χ4v) is 5.98. The van der Waals surface area contributed by atoms with Gasteiger partial charge in [0.15, 0.2) is 11.8 Å². The van der Waals surface area contributed by atoms with Gasteiger partial charge in [0.1, 0.15) is 0 Å². The molecule has 1 aromatic heterocycles. The van der Waals surface area contributed by atoms with Crippen LogP contribution in [0.2, 0.25) is 0 Å². The number of amides is 1. The van der Waals surface area contributed by atoms with Crippen molar-refractivity contribution in [2.75, 3.05) is 52.4 Å². The van der Waals surface area contributed by atoms with E-state index in [1.54, 1.807) is 11.1 Å². The molecule has 0 spiro atoms. The molecule has 1 amide bonds. The number of piperazine rings is 1. The fourth-order valence-electron chi connectivity index (χ4n) is 5.98. The third kappa shape index (κ3) is 8.94. The van der Waals surface area contributed by atoms with Gasteiger partial charge in [-0.1, -0.05) is 24.6 Å². The van der Waals surface area contributed by atoms with Crippen LogP contribution in [0.25, 0.3) is 10.9 Å². The first-order valence-electron chi connectivity index (χ1n) is 14.8. The Hall–Kier alpha value is -2.84. The molecule has 254 valence electrons. The summed E-state index contributed by atoms with van der Waals surface area (Å²) in [5, 5.41) is 3.99. The number of hydrogen-bond donors (Lipinski definition) is 2. The highest BCUT2D eigenvalue weighted by molar-refractivity contribution is 6.13. The van der Waals surface area contributed by atoms with Crippen LogP contribution in [-0.4, -0.2) is 89.8 Å². The molecule has 3 heterocycles. The van der Waals surface area contributed by atoms with Crippen molar-refractivity contribution in [3.8, 4) is 0 Å². The zero-order valence-electron chi connectivity index (χ0n) is 24.9. The number of hydrogen-bond acceptors (Lipinski definition) is 5. The average molecular weight is 697 g/mol. The van der Waals surface area contributed by atoms with E-state index in [1.807, 2.05) is 24.3 Å². The highest BCUT2D eigenvalue weighted by Gasteiger charge is 2.41. The number of fused-ring (bicyclic) bond motifs is 1. The lowest BCUT2D eigenvalue weighted by Gasteiger charge is -2.37. The number of likely N-dealkylation sites (tertiary alicyclic amines) is 1. The Balaban J connectivity index is 0.00000288. The number of benzene rings is 2. The topological polar surface area (TPSA) is 71.7 Å². The molecule has 0 aliphatic carbocycles. The monoisotopic (exact) mass is 695 g/mol. The highest BCUT2D eigenvalue weighted by atomic mass is 35.5. The first kappa shape index (κ1) is 37.6. The van der Waals surface area contributed by atoms with Crippen LogP contribution in [0, 0.1) is 0 Å². The van der Waals surface area contributed by atoms with Crippen LogP contribution in [0.15, 0.2) is 48.7 Å². The van der Waals surface area contributed by atoms with Crippen molar-refractivity contribution in [1.29, 1.82) is 0 Å². The number of piperidine rings is 1. The van der Waals surface area contributed by atoms with Crippen LogP contribution < -0.4 is 5.32 Å². The van der Waals surface area contributed by atoms with Gasteiger partial charge in [0, 0.05) is 68.5 Å². The number of carbonyl (C=O) groups is 2. The van der Waals surface area contributed by atoms with E-state index in [1.165, 1.54) is 4.90 Å². The summed E-state index contributed by atoms with van der Waals surface area (Å²) in [6.07, 6.45) is -5.31. The molecule has 1 unspecified atom stereocenters. The van der Waals surface area contributed by atoms with E-state index in [9.17, 15) is 35.9 Å². The van der Waals surface area contributed by atoms with Crippen molar-refractivity contribution in [3.63, 3.8) is 0 Å². The molecule has 7 nitrogen and oxygen atoms in total. The molecule has 2 aliphatic heterocycles. The number of nitrogens with one attached hydrogen (secondary N) is 2. The molecule has 3 aromatic rings. The third-order valence-electron chi connectivity index (χ3n) is 8.35. The van der Waals surface area contributed by atoms with Gasteiger partial charge in [-0.15, -0.1) is 24.8 Å². The lowest BCUT2D eigenvalue weighted by Crippen LogP contribution is -2.58. The van der Waals surface area contributed by atoms with Gasteiger partial charge in [-0.25, -0.2) is 0 Å². The molecule has 0 bridgehead atoms. The maximum atomic E-state index is 14.4. The van der Waals surface area contributed by atoms with Gasteiger partial charge in [0.25, 0.3) is 0 Å². The molecule has 2 aliphatic rings. The van der Waals surface area contributed by atoms with Gasteiger partial charge >= 0.3 is 12.4 Å². The normalized spacial score (nSPS) is 17.2. The molecule has 2 N–H and O–H groups in total. The molecule has 0 radical (unpaired) electrons. The Morgan fingerprint density at radius 1 is 0.848 bits per heavy atom. The van der Waals surface area contributed by atoms with Crippen molar-refractivity contribution >= 4 is 47.4 Å². The predicted molar refractivity (Wildman–Crippen MR) is 168 cm³/mol. The standard InChI is InChI=1S/C31H35F6N5O2.2ClH/c32-30(33,34)23-16-21(17-24(18-23)31(35,36)37)28(43)27(41-12-8-38-9-13-41)29(44)42(15-14-40-10-4-1-5-11-40)20-22-19-39-26-7-3-2-6-25(22)26;;/h2-3,6-7,16-19,27,38-39H,1,4-5,8-15,20H2;2*1H. The quantitative estimate of drug-likeness (QED) is 0.163. The number of rotatable bonds is 9. The van der Waals surface area contributed by atoms with Gasteiger partial charge in [0.2, 0.25) is 5.91 Å². The summed E-state index contributed by atoms with van der Waals surface area (Å²) in [6, 6.07) is 6.74. The number of para-hydroxylation sites is 1. The number of H-pyrrole nitrogens is 1. The van der Waals surface area contributed by atoms with E-state index in [-0.39, 0.29) is 57.1 Å². The second-order valence-corrected chi connectivity index (χ2v) is 11.4. The summed E-state index contributed by atoms with van der Waals surface area (Å²) in [4.78, 5) is 36.9. The zero-order chi connectivity index (χ0) is 31.5. The van der Waals surface area contributed by atoms with Gasteiger partial charge in [-0.05, 0) is 55.8 Å². The van der Waals surface area contributed by atoms with Crippen LogP contribution in [0.3, 0.4) is 0 Å². The second-order valence-electron chi connectivity index (χ2n) is 11.4. The minimum absolute atomic E-state index is 0. The Labute approximate surface area is 275 Å². The lowest BCUT2D eigenvalue weighted by atomic mass is 9.96. The SMILES string of the molecule is Cl.Cl.O=C(c1cc(C(F)(F)F)cc(C(F)(F)F)c1)C(C(=O)N(CCN1CCCCC1)Cc1c[nH]c2ccccc12)N1CCNCC1. The van der Waals surface area contributed by atoms with E-state index < -0.39 is 46.8 Å². The van der Waals surface area contributed by atoms with Gasteiger partial charge in [-0.3, -0.25) is 14.5 Å². The first-order valence-corrected chi connectivity index (χ1v) is 14.8. The molecule has 2 fully saturated rings. The third-order valence-corrected chi connectivity index (χ3v) is 8.35. The number of ketones is 1. The number of halogens is 8. The summed E-state index contributed by atoms with van der Waals surface area (Å²) >= 11 is 0. The molecular formula is C31H37Cl2F6N5O2. The molecule has 0 saturated carbocycles. The molecule has 15 heteroatoms. The van der Waals surface area contributed by atoms with Crippen molar-refractivity contribution in [2.45, 2.75) is 44.2 Å². The highest BCUT2D eigenvalue weighted by Crippen LogP contribution is 2.37. The maximum Gasteiger partial charge on any atom is 0.416 e. The summed E-state index contributed by atoms with van der Waals surface area (Å²) in [5.41, 5.74) is -2.35. The minimum atomic E-state index is -5.12. The van der Waals surface area contributed by atoms with E-state index in [4.69, 9.17) is 0 Å². The maximum absolute atomic E-state index is 14.4. The van der Waals surface area contributed by atoms with Crippen LogP contribution in [-0.2, 0) is 23.7 Å². The number of aromatic amines is 1. The Morgan fingerprint density at radius 2 is 1.46 bits per heavy atom. The van der Waals surface area contributed by atoms with E-state index in [2.05, 4.69) is 15.2 Å². The number of nitrogens with zero attached hydrogens (tertiary/aromatic N) is 3. The summed E-state index contributed by atoms with van der Waals surface area (Å²) in [6.45, 7) is 3.86. The second kappa shape index (κ2) is 15.8. The van der Waals surface area contributed by atoms with Crippen LogP contribution in [0.4, 0.5) is 26.3 Å². The van der Waals surface area contributed by atoms with Crippen molar-refractivity contribution in [1.82, 2.24) is 25.0 Å². The molecule has 5 rings (SSSR count). The zero-order valence-corrected chi connectivity index (χ0v) is 26.6. The van der Waals surface area contributed by atoms with E-state index in [0.717, 1.165) is 48.8 Å². The van der Waals surface area contributed by atoms with Crippen LogP contribution >= 0.6 is 24.8 Å². The number of alkyl halides is 6. The lowest BCUT2D eigenvalue weighted by molar-refractivity contribution is -0.143. The molecule has 1 atom stereocenters. The Kier molecular flexibility index (Phi) is 12.9. The van der Waals surface area contributed by atoms with Crippen molar-refractivity contribution < 1.29 is 35.9 Å². The predicted octanol–water partition coefficient (Wildman–Crippen LogP) is 6.02. The Bertz CT molecular complexity index is 1440. The van der Waals surface area contributed by atoms with Crippen molar-refractivity contribution in [2.24, 2.45) is 0 Å². The molecule has 2 aromatic carbocycles. The van der Waals surface area contributed by atoms with Crippen molar-refractivity contribution in [3.05, 3.63) is 70.9 Å². The fraction of sp³-hybridized carbons (Fsp3) is 0.484. The molecule has 46 heavy (non-hydrogen) atoms. The Morgan fingerprint density at radius 3 is 2.07 bits per heavy atom.